The van der Waals surface area contributed by atoms with Crippen LogP contribution in [0.5, 0.6) is 0 Å². The van der Waals surface area contributed by atoms with E-state index >= 15 is 0 Å². The topological polar surface area (TPSA) is 38.5 Å². The van der Waals surface area contributed by atoms with E-state index in [1.165, 1.54) is 25.7 Å². The minimum absolute atomic E-state index is 0.217. The van der Waals surface area contributed by atoms with Crippen molar-refractivity contribution >= 4 is 0 Å². The maximum atomic E-state index is 6.16. The zero-order chi connectivity index (χ0) is 14.5. The first-order chi connectivity index (χ1) is 8.89. The van der Waals surface area contributed by atoms with E-state index in [9.17, 15) is 0 Å². The molecule has 0 heterocycles. The molecule has 0 bridgehead atoms. The fraction of sp³-hybridized carbons (Fsp3) is 1.00. The summed E-state index contributed by atoms with van der Waals surface area (Å²) in [5.41, 5.74) is 6.81. The summed E-state index contributed by atoms with van der Waals surface area (Å²) < 4.78 is 5.25. The fourth-order valence-corrected chi connectivity index (χ4v) is 3.60. The van der Waals surface area contributed by atoms with Gasteiger partial charge in [0.25, 0.3) is 0 Å². The van der Waals surface area contributed by atoms with E-state index in [1.807, 2.05) is 0 Å². The van der Waals surface area contributed by atoms with E-state index in [1.54, 1.807) is 7.11 Å². The van der Waals surface area contributed by atoms with Crippen LogP contribution in [0.1, 0.15) is 53.4 Å². The van der Waals surface area contributed by atoms with Gasteiger partial charge in [0, 0.05) is 25.7 Å². The Morgan fingerprint density at radius 2 is 1.84 bits per heavy atom. The summed E-state index contributed by atoms with van der Waals surface area (Å²) in [6.07, 6.45) is 5.10. The summed E-state index contributed by atoms with van der Waals surface area (Å²) in [7, 11) is 1.78. The Kier molecular flexibility index (Phi) is 6.28. The van der Waals surface area contributed by atoms with Gasteiger partial charge in [0.1, 0.15) is 0 Å². The summed E-state index contributed by atoms with van der Waals surface area (Å²) >= 11 is 0. The largest absolute Gasteiger partial charge is 0.383 e. The van der Waals surface area contributed by atoms with Crippen molar-refractivity contribution < 1.29 is 4.74 Å². The van der Waals surface area contributed by atoms with Crippen LogP contribution in [0.25, 0.3) is 0 Å². The van der Waals surface area contributed by atoms with Gasteiger partial charge in [-0.3, -0.25) is 4.90 Å². The molecule has 1 aliphatic carbocycles. The first-order valence-electron chi connectivity index (χ1n) is 7.83. The van der Waals surface area contributed by atoms with Crippen LogP contribution >= 0.6 is 0 Å². The number of nitrogens with zero attached hydrogens (tertiary/aromatic N) is 1. The van der Waals surface area contributed by atoms with Crippen molar-refractivity contribution in [3.63, 3.8) is 0 Å². The molecule has 114 valence electrons. The van der Waals surface area contributed by atoms with Gasteiger partial charge in [-0.25, -0.2) is 0 Å². The Balaban J connectivity index is 2.67. The van der Waals surface area contributed by atoms with E-state index in [0.717, 1.165) is 32.2 Å². The molecule has 1 rings (SSSR count). The van der Waals surface area contributed by atoms with Crippen molar-refractivity contribution in [2.24, 2.45) is 17.1 Å². The van der Waals surface area contributed by atoms with Crippen molar-refractivity contribution in [1.29, 1.82) is 0 Å². The molecule has 19 heavy (non-hydrogen) atoms. The molecule has 0 aliphatic heterocycles. The highest BCUT2D eigenvalue weighted by atomic mass is 16.5. The molecule has 1 fully saturated rings. The first-order valence-corrected chi connectivity index (χ1v) is 7.83. The molecule has 3 nitrogen and oxygen atoms in total. The van der Waals surface area contributed by atoms with E-state index < -0.39 is 0 Å². The smallest absolute Gasteiger partial charge is 0.0589 e. The zero-order valence-electron chi connectivity index (χ0n) is 13.7. The Labute approximate surface area is 119 Å². The first kappa shape index (κ1) is 16.9. The number of rotatable bonds is 6. The van der Waals surface area contributed by atoms with Crippen LogP contribution in [0.4, 0.5) is 0 Å². The van der Waals surface area contributed by atoms with Crippen LogP contribution in [0.15, 0.2) is 0 Å². The lowest BCUT2D eigenvalue weighted by Gasteiger charge is -2.49. The van der Waals surface area contributed by atoms with Gasteiger partial charge < -0.3 is 10.5 Å². The van der Waals surface area contributed by atoms with Crippen molar-refractivity contribution in [1.82, 2.24) is 4.90 Å². The molecule has 2 N–H and O–H groups in total. The molecule has 0 aromatic rings. The number of ether oxygens (including phenoxy) is 1. The lowest BCUT2D eigenvalue weighted by atomic mass is 9.67. The highest BCUT2D eigenvalue weighted by molar-refractivity contribution is 4.97. The number of hydrogen-bond donors (Lipinski definition) is 1. The summed E-state index contributed by atoms with van der Waals surface area (Å²) in [6.45, 7) is 13.0. The zero-order valence-corrected chi connectivity index (χ0v) is 13.7. The lowest BCUT2D eigenvalue weighted by Crippen LogP contribution is -2.57. The maximum Gasteiger partial charge on any atom is 0.0589 e. The van der Waals surface area contributed by atoms with Crippen LogP contribution in [-0.4, -0.2) is 43.8 Å². The third-order valence-electron chi connectivity index (χ3n) is 5.14. The van der Waals surface area contributed by atoms with Gasteiger partial charge >= 0.3 is 0 Å². The molecular formula is C16H34N2O. The molecule has 3 heteroatoms. The second-order valence-electron chi connectivity index (χ2n) is 7.14. The Bertz CT molecular complexity index is 252. The number of methoxy groups -OCH3 is 1. The van der Waals surface area contributed by atoms with E-state index in [0.29, 0.717) is 5.41 Å². The van der Waals surface area contributed by atoms with E-state index in [4.69, 9.17) is 10.5 Å². The normalized spacial score (nSPS) is 28.9. The SMILES string of the molecule is CCN(CCOC)C1(CN)CCC(C(C)(C)C)CC1. The number of hydrogen-bond acceptors (Lipinski definition) is 3. The Morgan fingerprint density at radius 3 is 2.21 bits per heavy atom. The molecule has 0 atom stereocenters. The van der Waals surface area contributed by atoms with Crippen molar-refractivity contribution in [3.05, 3.63) is 0 Å². The third-order valence-corrected chi connectivity index (χ3v) is 5.14. The van der Waals surface area contributed by atoms with E-state index in [2.05, 4.69) is 32.6 Å². The fourth-order valence-electron chi connectivity index (χ4n) is 3.60. The highest BCUT2D eigenvalue weighted by Gasteiger charge is 2.40. The van der Waals surface area contributed by atoms with Gasteiger partial charge in [0.15, 0.2) is 0 Å². The number of likely N-dealkylation sites (N-methyl/N-ethyl adjacent to an activating group) is 1. The molecule has 0 aromatic heterocycles. The molecular weight excluding hydrogens is 236 g/mol. The molecule has 0 amide bonds. The molecule has 0 unspecified atom stereocenters. The van der Waals surface area contributed by atoms with Crippen molar-refractivity contribution in [2.75, 3.05) is 33.4 Å². The molecule has 0 saturated heterocycles. The van der Waals surface area contributed by atoms with Gasteiger partial charge in [0.05, 0.1) is 6.61 Å². The Morgan fingerprint density at radius 1 is 1.26 bits per heavy atom. The average Bonchev–Trinajstić information content (AvgIpc) is 2.39. The summed E-state index contributed by atoms with van der Waals surface area (Å²) in [4.78, 5) is 2.55. The summed E-state index contributed by atoms with van der Waals surface area (Å²) in [6, 6.07) is 0. The van der Waals surface area contributed by atoms with Crippen LogP contribution in [-0.2, 0) is 4.74 Å². The predicted octanol–water partition coefficient (Wildman–Crippen LogP) is 2.89. The van der Waals surface area contributed by atoms with Crippen LogP contribution in [0, 0.1) is 11.3 Å². The maximum absolute atomic E-state index is 6.16. The second-order valence-corrected chi connectivity index (χ2v) is 7.14. The second kappa shape index (κ2) is 7.05. The lowest BCUT2D eigenvalue weighted by molar-refractivity contribution is 0.00993. The molecule has 1 aliphatic rings. The minimum Gasteiger partial charge on any atom is -0.383 e. The van der Waals surface area contributed by atoms with Gasteiger partial charge in [-0.05, 0) is 43.6 Å². The van der Waals surface area contributed by atoms with Crippen LogP contribution < -0.4 is 5.73 Å². The van der Waals surface area contributed by atoms with E-state index in [-0.39, 0.29) is 5.54 Å². The van der Waals surface area contributed by atoms with Gasteiger partial charge in [-0.15, -0.1) is 0 Å². The average molecular weight is 270 g/mol. The van der Waals surface area contributed by atoms with Crippen molar-refractivity contribution in [3.8, 4) is 0 Å². The van der Waals surface area contributed by atoms with Crippen LogP contribution in [0.3, 0.4) is 0 Å². The monoisotopic (exact) mass is 270 g/mol. The standard InChI is InChI=1S/C16H34N2O/c1-6-18(11-12-19-5)16(13-17)9-7-14(8-10-16)15(2,3)4/h14H,6-13,17H2,1-5H3. The van der Waals surface area contributed by atoms with Crippen LogP contribution in [0.2, 0.25) is 0 Å². The molecule has 1 saturated carbocycles. The molecule has 0 spiro atoms. The summed E-state index contributed by atoms with van der Waals surface area (Å²) in [5.74, 6) is 0.841. The quantitative estimate of drug-likeness (QED) is 0.806. The highest BCUT2D eigenvalue weighted by Crippen LogP contribution is 2.43. The molecule has 0 radical (unpaired) electrons. The summed E-state index contributed by atoms with van der Waals surface area (Å²) in [5, 5.41) is 0. The van der Waals surface area contributed by atoms with Gasteiger partial charge in [-0.2, -0.15) is 0 Å². The van der Waals surface area contributed by atoms with Crippen molar-refractivity contribution in [2.45, 2.75) is 58.9 Å². The van der Waals surface area contributed by atoms with Gasteiger partial charge in [-0.1, -0.05) is 27.7 Å². The predicted molar refractivity (Wildman–Crippen MR) is 82.3 cm³/mol. The minimum atomic E-state index is 0.217. The third kappa shape index (κ3) is 4.17. The Hall–Kier alpha value is -0.120. The molecule has 0 aromatic carbocycles. The van der Waals surface area contributed by atoms with Gasteiger partial charge in [0.2, 0.25) is 0 Å². The number of nitrogens with two attached hydrogens (primary N) is 1.